The van der Waals surface area contributed by atoms with Crippen LogP contribution in [0.25, 0.3) is 0 Å². The third kappa shape index (κ3) is 1.64. The van der Waals surface area contributed by atoms with E-state index in [1.165, 1.54) is 0 Å². The molecule has 1 aromatic rings. The first-order valence-electron chi connectivity index (χ1n) is 6.00. The molecule has 4 heteroatoms. The van der Waals surface area contributed by atoms with Crippen LogP contribution < -0.4 is 15.4 Å². The van der Waals surface area contributed by atoms with E-state index >= 15 is 0 Å². The Hall–Kier alpha value is -1.71. The highest BCUT2D eigenvalue weighted by atomic mass is 16.5. The van der Waals surface area contributed by atoms with E-state index in [1.54, 1.807) is 0 Å². The van der Waals surface area contributed by atoms with Crippen molar-refractivity contribution in [1.29, 1.82) is 0 Å². The number of amides is 1. The van der Waals surface area contributed by atoms with Gasteiger partial charge in [-0.1, -0.05) is 6.07 Å². The van der Waals surface area contributed by atoms with Gasteiger partial charge in [-0.25, -0.2) is 0 Å². The lowest BCUT2D eigenvalue weighted by atomic mass is 10.1. The molecule has 1 aliphatic heterocycles. The summed E-state index contributed by atoms with van der Waals surface area (Å²) in [6, 6.07) is 5.80. The molecule has 0 bridgehead atoms. The van der Waals surface area contributed by atoms with Crippen LogP contribution >= 0.6 is 0 Å². The number of carbonyl (C=O) groups is 1. The zero-order chi connectivity index (χ0) is 12.0. The van der Waals surface area contributed by atoms with Gasteiger partial charge >= 0.3 is 0 Å². The summed E-state index contributed by atoms with van der Waals surface area (Å²) in [7, 11) is 0. The molecule has 2 aliphatic rings. The summed E-state index contributed by atoms with van der Waals surface area (Å²) in [5, 5.41) is 6.28. The Morgan fingerprint density at radius 3 is 2.76 bits per heavy atom. The number of para-hydroxylation sites is 1. The number of fused-ring (bicyclic) bond motifs is 1. The molecular formula is C13H16N2O2. The fraction of sp³-hybridized carbons (Fsp3) is 0.462. The van der Waals surface area contributed by atoms with Crippen molar-refractivity contribution in [3.05, 3.63) is 18.2 Å². The van der Waals surface area contributed by atoms with Crippen LogP contribution in [0.2, 0.25) is 0 Å². The van der Waals surface area contributed by atoms with Gasteiger partial charge in [-0.2, -0.15) is 0 Å². The van der Waals surface area contributed by atoms with E-state index in [9.17, 15) is 4.79 Å². The fourth-order valence-electron chi connectivity index (χ4n) is 2.14. The maximum absolute atomic E-state index is 11.9. The number of nitrogens with one attached hydrogen (secondary N) is 2. The van der Waals surface area contributed by atoms with Crippen molar-refractivity contribution in [1.82, 2.24) is 0 Å². The largest absolute Gasteiger partial charge is 0.489 e. The van der Waals surface area contributed by atoms with Gasteiger partial charge in [0.2, 0.25) is 5.91 Å². The minimum atomic E-state index is -0.344. The molecule has 0 aromatic heterocycles. The van der Waals surface area contributed by atoms with Crippen LogP contribution in [0.1, 0.15) is 26.7 Å². The van der Waals surface area contributed by atoms with Crippen LogP contribution in [0.3, 0.4) is 0 Å². The minimum absolute atomic E-state index is 0.0600. The lowest BCUT2D eigenvalue weighted by molar-refractivity contribution is -0.117. The molecule has 1 spiro atoms. The summed E-state index contributed by atoms with van der Waals surface area (Å²) in [6.07, 6.45) is 1.91. The van der Waals surface area contributed by atoms with Crippen LogP contribution in [0.5, 0.6) is 5.75 Å². The monoisotopic (exact) mass is 232 g/mol. The maximum Gasteiger partial charge on any atom is 0.250 e. The van der Waals surface area contributed by atoms with E-state index in [1.807, 2.05) is 32.0 Å². The molecule has 0 radical (unpaired) electrons. The first-order valence-corrected chi connectivity index (χ1v) is 6.00. The van der Waals surface area contributed by atoms with Gasteiger partial charge in [-0.05, 0) is 38.8 Å². The number of hydrogen-bond donors (Lipinski definition) is 2. The third-order valence-electron chi connectivity index (χ3n) is 3.19. The molecule has 0 saturated heterocycles. The van der Waals surface area contributed by atoms with Gasteiger partial charge in [0.25, 0.3) is 0 Å². The molecule has 1 fully saturated rings. The minimum Gasteiger partial charge on any atom is -0.489 e. The lowest BCUT2D eigenvalue weighted by Gasteiger charge is -2.28. The molecule has 1 amide bonds. The molecule has 1 heterocycles. The van der Waals surface area contributed by atoms with Crippen LogP contribution in [-0.4, -0.2) is 17.6 Å². The van der Waals surface area contributed by atoms with E-state index in [0.29, 0.717) is 0 Å². The van der Waals surface area contributed by atoms with Crippen LogP contribution in [0.15, 0.2) is 18.2 Å². The molecule has 0 unspecified atom stereocenters. The first-order chi connectivity index (χ1) is 8.11. The van der Waals surface area contributed by atoms with Gasteiger partial charge in [0.15, 0.2) is 0 Å². The number of hydrogen-bond acceptors (Lipinski definition) is 3. The molecule has 1 aliphatic carbocycles. The standard InChI is InChI=1S/C13H16N2O2/c1-8(2)17-10-5-3-4-9-11(10)14-12(16)13(15-9)6-7-13/h3-5,8,15H,6-7H2,1-2H3,(H,14,16). The zero-order valence-corrected chi connectivity index (χ0v) is 10.0. The summed E-state index contributed by atoms with van der Waals surface area (Å²) in [4.78, 5) is 11.9. The third-order valence-corrected chi connectivity index (χ3v) is 3.19. The smallest absolute Gasteiger partial charge is 0.250 e. The normalized spacial score (nSPS) is 19.6. The molecule has 4 nitrogen and oxygen atoms in total. The topological polar surface area (TPSA) is 50.4 Å². The number of ether oxygens (including phenoxy) is 1. The molecule has 90 valence electrons. The predicted molar refractivity (Wildman–Crippen MR) is 66.4 cm³/mol. The highest BCUT2D eigenvalue weighted by molar-refractivity contribution is 6.09. The number of anilines is 2. The SMILES string of the molecule is CC(C)Oc1cccc2c1NC(=O)C1(CC1)N2. The van der Waals surface area contributed by atoms with Crippen LogP contribution in [0.4, 0.5) is 11.4 Å². The molecule has 1 saturated carbocycles. The molecule has 17 heavy (non-hydrogen) atoms. The Morgan fingerprint density at radius 1 is 1.35 bits per heavy atom. The molecule has 3 rings (SSSR count). The molecule has 2 N–H and O–H groups in total. The van der Waals surface area contributed by atoms with E-state index < -0.39 is 0 Å². The van der Waals surface area contributed by atoms with E-state index in [2.05, 4.69) is 10.6 Å². The van der Waals surface area contributed by atoms with E-state index in [4.69, 9.17) is 4.74 Å². The van der Waals surface area contributed by atoms with Gasteiger partial charge in [-0.3, -0.25) is 4.79 Å². The second-order valence-electron chi connectivity index (χ2n) is 5.01. The fourth-order valence-corrected chi connectivity index (χ4v) is 2.14. The number of carbonyl (C=O) groups excluding carboxylic acids is 1. The van der Waals surface area contributed by atoms with Crippen molar-refractivity contribution in [2.75, 3.05) is 10.6 Å². The Bertz CT molecular complexity index is 464. The van der Waals surface area contributed by atoms with Crippen LogP contribution in [-0.2, 0) is 4.79 Å². The lowest BCUT2D eigenvalue weighted by Crippen LogP contribution is -2.41. The van der Waals surface area contributed by atoms with Crippen molar-refractivity contribution >= 4 is 17.3 Å². The summed E-state index contributed by atoms with van der Waals surface area (Å²) in [6.45, 7) is 3.94. The van der Waals surface area contributed by atoms with Crippen molar-refractivity contribution in [3.63, 3.8) is 0 Å². The quantitative estimate of drug-likeness (QED) is 0.823. The molecule has 0 atom stereocenters. The second kappa shape index (κ2) is 3.39. The summed E-state index contributed by atoms with van der Waals surface area (Å²) >= 11 is 0. The van der Waals surface area contributed by atoms with Crippen molar-refractivity contribution < 1.29 is 9.53 Å². The first kappa shape index (κ1) is 10.4. The summed E-state index contributed by atoms with van der Waals surface area (Å²) < 4.78 is 5.69. The van der Waals surface area contributed by atoms with Gasteiger partial charge < -0.3 is 15.4 Å². The Morgan fingerprint density at radius 2 is 2.12 bits per heavy atom. The van der Waals surface area contributed by atoms with E-state index in [0.717, 1.165) is 30.0 Å². The highest BCUT2D eigenvalue weighted by Gasteiger charge is 2.52. The highest BCUT2D eigenvalue weighted by Crippen LogP contribution is 2.47. The average Bonchev–Trinajstić information content (AvgIpc) is 3.01. The van der Waals surface area contributed by atoms with Gasteiger partial charge in [0, 0.05) is 0 Å². The summed E-state index contributed by atoms with van der Waals surface area (Å²) in [5.74, 6) is 0.790. The van der Waals surface area contributed by atoms with Crippen molar-refractivity contribution in [2.24, 2.45) is 0 Å². The number of rotatable bonds is 2. The zero-order valence-electron chi connectivity index (χ0n) is 10.0. The predicted octanol–water partition coefficient (Wildman–Crippen LogP) is 2.37. The second-order valence-corrected chi connectivity index (χ2v) is 5.01. The number of benzene rings is 1. The van der Waals surface area contributed by atoms with Crippen LogP contribution in [0, 0.1) is 0 Å². The van der Waals surface area contributed by atoms with Gasteiger partial charge in [0.05, 0.1) is 11.8 Å². The average molecular weight is 232 g/mol. The molecule has 1 aromatic carbocycles. The van der Waals surface area contributed by atoms with E-state index in [-0.39, 0.29) is 17.6 Å². The molecular weight excluding hydrogens is 216 g/mol. The van der Waals surface area contributed by atoms with Gasteiger partial charge in [-0.15, -0.1) is 0 Å². The van der Waals surface area contributed by atoms with Crippen molar-refractivity contribution in [3.8, 4) is 5.75 Å². The maximum atomic E-state index is 11.9. The Kier molecular flexibility index (Phi) is 2.08. The van der Waals surface area contributed by atoms with Crippen molar-refractivity contribution in [2.45, 2.75) is 38.3 Å². The van der Waals surface area contributed by atoms with Gasteiger partial charge in [0.1, 0.15) is 17.0 Å². The Balaban J connectivity index is 1.98. The Labute approximate surface area is 100 Å². The summed E-state index contributed by atoms with van der Waals surface area (Å²) in [5.41, 5.74) is 1.38.